The number of aromatic nitrogens is 1. The van der Waals surface area contributed by atoms with Gasteiger partial charge in [0.2, 0.25) is 0 Å². The topological polar surface area (TPSA) is 16.1 Å². The zero-order valence-electron chi connectivity index (χ0n) is 9.36. The Bertz CT molecular complexity index is 501. The van der Waals surface area contributed by atoms with Gasteiger partial charge in [-0.3, -0.25) is 0 Å². The van der Waals surface area contributed by atoms with Gasteiger partial charge in [0.15, 0.2) is 5.13 Å². The van der Waals surface area contributed by atoms with Crippen LogP contribution in [0.3, 0.4) is 0 Å². The third-order valence-electron chi connectivity index (χ3n) is 2.31. The zero-order valence-corrected chi connectivity index (χ0v) is 12.5. The van der Waals surface area contributed by atoms with Gasteiger partial charge in [0, 0.05) is 23.4 Å². The molecule has 1 aromatic heterocycles. The van der Waals surface area contributed by atoms with E-state index in [-0.39, 0.29) is 0 Å². The van der Waals surface area contributed by atoms with Gasteiger partial charge in [-0.2, -0.15) is 0 Å². The first-order valence-corrected chi connectivity index (χ1v) is 7.35. The maximum Gasteiger partial charge on any atom is 0.185 e. The fourth-order valence-electron chi connectivity index (χ4n) is 1.51. The summed E-state index contributed by atoms with van der Waals surface area (Å²) in [5, 5.41) is 3.00. The van der Waals surface area contributed by atoms with Crippen LogP contribution in [-0.2, 0) is 12.4 Å². The van der Waals surface area contributed by atoms with E-state index >= 15 is 0 Å². The van der Waals surface area contributed by atoms with Gasteiger partial charge in [-0.05, 0) is 17.7 Å². The molecule has 2 rings (SSSR count). The van der Waals surface area contributed by atoms with Crippen molar-refractivity contribution in [1.82, 2.24) is 4.98 Å². The third-order valence-corrected chi connectivity index (χ3v) is 4.08. The molecule has 1 heterocycles. The van der Waals surface area contributed by atoms with Gasteiger partial charge in [-0.15, -0.1) is 22.9 Å². The Morgan fingerprint density at radius 3 is 2.94 bits per heavy atom. The summed E-state index contributed by atoms with van der Waals surface area (Å²) in [6.07, 6.45) is 0. The van der Waals surface area contributed by atoms with E-state index in [9.17, 15) is 0 Å². The predicted molar refractivity (Wildman–Crippen MR) is 77.9 cm³/mol. The molecule has 5 heteroatoms. The van der Waals surface area contributed by atoms with Crippen LogP contribution in [0.4, 0.5) is 5.13 Å². The first-order valence-electron chi connectivity index (χ1n) is 5.15. The van der Waals surface area contributed by atoms with E-state index in [2.05, 4.69) is 37.9 Å². The van der Waals surface area contributed by atoms with Crippen LogP contribution in [0, 0.1) is 0 Å². The van der Waals surface area contributed by atoms with Crippen LogP contribution in [0.25, 0.3) is 0 Å². The van der Waals surface area contributed by atoms with Crippen LogP contribution in [0.5, 0.6) is 0 Å². The monoisotopic (exact) mass is 330 g/mol. The molecular formula is C12H12BrClN2S. The minimum absolute atomic E-state index is 0.473. The molecule has 0 atom stereocenters. The van der Waals surface area contributed by atoms with Gasteiger partial charge in [-0.1, -0.05) is 28.1 Å². The SMILES string of the molecule is CN(Cc1cccc(Br)c1)c1nc(CCl)cs1. The summed E-state index contributed by atoms with van der Waals surface area (Å²) < 4.78 is 1.10. The molecule has 0 N–H and O–H groups in total. The summed E-state index contributed by atoms with van der Waals surface area (Å²) in [5.41, 5.74) is 2.19. The summed E-state index contributed by atoms with van der Waals surface area (Å²) >= 11 is 10.8. The van der Waals surface area contributed by atoms with Crippen LogP contribution in [0.2, 0.25) is 0 Å². The summed E-state index contributed by atoms with van der Waals surface area (Å²) in [5.74, 6) is 0.473. The molecular weight excluding hydrogens is 320 g/mol. The maximum absolute atomic E-state index is 5.75. The molecule has 0 unspecified atom stereocenters. The Morgan fingerprint density at radius 2 is 2.29 bits per heavy atom. The van der Waals surface area contributed by atoms with Gasteiger partial charge >= 0.3 is 0 Å². The molecule has 0 radical (unpaired) electrons. The number of halogens is 2. The van der Waals surface area contributed by atoms with Crippen molar-refractivity contribution in [3.8, 4) is 0 Å². The Morgan fingerprint density at radius 1 is 1.47 bits per heavy atom. The quantitative estimate of drug-likeness (QED) is 0.777. The minimum atomic E-state index is 0.473. The van der Waals surface area contributed by atoms with Gasteiger partial charge in [0.05, 0.1) is 11.6 Å². The Kier molecular flexibility index (Phi) is 4.42. The molecule has 0 amide bonds. The van der Waals surface area contributed by atoms with Gasteiger partial charge in [0.1, 0.15) is 0 Å². The number of anilines is 1. The van der Waals surface area contributed by atoms with Gasteiger partial charge in [-0.25, -0.2) is 4.98 Å². The van der Waals surface area contributed by atoms with E-state index in [1.54, 1.807) is 11.3 Å². The first-order chi connectivity index (χ1) is 8.19. The highest BCUT2D eigenvalue weighted by atomic mass is 79.9. The Hall–Kier alpha value is -0.580. The van der Waals surface area contributed by atoms with Crippen molar-refractivity contribution in [1.29, 1.82) is 0 Å². The van der Waals surface area contributed by atoms with E-state index in [4.69, 9.17) is 11.6 Å². The molecule has 0 fully saturated rings. The van der Waals surface area contributed by atoms with E-state index in [0.29, 0.717) is 5.88 Å². The normalized spacial score (nSPS) is 10.5. The lowest BCUT2D eigenvalue weighted by atomic mass is 10.2. The number of benzene rings is 1. The molecule has 0 aliphatic heterocycles. The van der Waals surface area contributed by atoms with E-state index in [1.165, 1.54) is 5.56 Å². The van der Waals surface area contributed by atoms with Crippen molar-refractivity contribution in [2.24, 2.45) is 0 Å². The number of hydrogen-bond acceptors (Lipinski definition) is 3. The molecule has 2 nitrogen and oxygen atoms in total. The predicted octanol–water partition coefficient (Wildman–Crippen LogP) is 4.28. The summed E-state index contributed by atoms with van der Waals surface area (Å²) in [7, 11) is 2.04. The molecule has 0 saturated carbocycles. The lowest BCUT2D eigenvalue weighted by molar-refractivity contribution is 0.909. The van der Waals surface area contributed by atoms with Crippen molar-refractivity contribution >= 4 is 44.0 Å². The smallest absolute Gasteiger partial charge is 0.185 e. The summed E-state index contributed by atoms with van der Waals surface area (Å²) in [6.45, 7) is 0.842. The second-order valence-electron chi connectivity index (χ2n) is 3.74. The van der Waals surface area contributed by atoms with Crippen molar-refractivity contribution < 1.29 is 0 Å². The van der Waals surface area contributed by atoms with Gasteiger partial charge in [0.25, 0.3) is 0 Å². The van der Waals surface area contributed by atoms with Crippen molar-refractivity contribution in [3.05, 3.63) is 45.4 Å². The molecule has 0 spiro atoms. The lowest BCUT2D eigenvalue weighted by Crippen LogP contribution is -2.16. The number of hydrogen-bond donors (Lipinski definition) is 0. The van der Waals surface area contributed by atoms with Crippen molar-refractivity contribution in [3.63, 3.8) is 0 Å². The standard InChI is InChI=1S/C12H12BrClN2S/c1-16(12-15-11(6-14)8-17-12)7-9-3-2-4-10(13)5-9/h2-5,8H,6-7H2,1H3. The molecule has 0 aliphatic rings. The molecule has 17 heavy (non-hydrogen) atoms. The largest absolute Gasteiger partial charge is 0.347 e. The first kappa shape index (κ1) is 12.9. The van der Waals surface area contributed by atoms with E-state index in [0.717, 1.165) is 21.8 Å². The molecule has 1 aromatic carbocycles. The second-order valence-corrected chi connectivity index (χ2v) is 5.76. The zero-order chi connectivity index (χ0) is 12.3. The number of thiazole rings is 1. The summed E-state index contributed by atoms with van der Waals surface area (Å²) in [6, 6.07) is 8.29. The second kappa shape index (κ2) is 5.85. The number of alkyl halides is 1. The highest BCUT2D eigenvalue weighted by Gasteiger charge is 2.07. The molecule has 0 saturated heterocycles. The Balaban J connectivity index is 2.08. The van der Waals surface area contributed by atoms with Crippen LogP contribution in [0.15, 0.2) is 34.1 Å². The molecule has 0 bridgehead atoms. The van der Waals surface area contributed by atoms with Crippen LogP contribution in [-0.4, -0.2) is 12.0 Å². The van der Waals surface area contributed by atoms with Crippen LogP contribution < -0.4 is 4.90 Å². The highest BCUT2D eigenvalue weighted by Crippen LogP contribution is 2.22. The summed E-state index contributed by atoms with van der Waals surface area (Å²) in [4.78, 5) is 6.58. The minimum Gasteiger partial charge on any atom is -0.347 e. The fourth-order valence-corrected chi connectivity index (χ4v) is 2.98. The highest BCUT2D eigenvalue weighted by molar-refractivity contribution is 9.10. The maximum atomic E-state index is 5.75. The van der Waals surface area contributed by atoms with Crippen LogP contribution in [0.1, 0.15) is 11.3 Å². The Labute approximate surface area is 118 Å². The molecule has 90 valence electrons. The van der Waals surface area contributed by atoms with Crippen molar-refractivity contribution in [2.45, 2.75) is 12.4 Å². The third kappa shape index (κ3) is 3.44. The fraction of sp³-hybridized carbons (Fsp3) is 0.250. The van der Waals surface area contributed by atoms with Crippen molar-refractivity contribution in [2.75, 3.05) is 11.9 Å². The molecule has 2 aromatic rings. The van der Waals surface area contributed by atoms with Crippen LogP contribution >= 0.6 is 38.9 Å². The number of nitrogens with zero attached hydrogens (tertiary/aromatic N) is 2. The number of rotatable bonds is 4. The average molecular weight is 332 g/mol. The average Bonchev–Trinajstić information content (AvgIpc) is 2.77. The van der Waals surface area contributed by atoms with E-state index in [1.807, 2.05) is 24.6 Å². The van der Waals surface area contributed by atoms with E-state index < -0.39 is 0 Å². The lowest BCUT2D eigenvalue weighted by Gasteiger charge is -2.15. The van der Waals surface area contributed by atoms with Gasteiger partial charge < -0.3 is 4.90 Å². The molecule has 0 aliphatic carbocycles.